The number of rotatable bonds is 36. The van der Waals surface area contributed by atoms with E-state index in [1.54, 1.807) is 122 Å². The Balaban J connectivity index is 0.000000281. The predicted octanol–water partition coefficient (Wildman–Crippen LogP) is 18.7. The van der Waals surface area contributed by atoms with E-state index in [4.69, 9.17) is 19.9 Å². The molecule has 34 nitrogen and oxygen atoms in total. The molecule has 0 saturated heterocycles. The average Bonchev–Trinajstić information content (AvgIpc) is 1.73. The van der Waals surface area contributed by atoms with E-state index in [1.807, 2.05) is 152 Å². The first-order valence-electron chi connectivity index (χ1n) is 43.6. The summed E-state index contributed by atoms with van der Waals surface area (Å²) in [5, 5.41) is 60.8. The van der Waals surface area contributed by atoms with E-state index in [1.165, 1.54) is 82.5 Å². The fraction of sp³-hybridized carbons (Fsp3) is 0.375. The average molecular weight is 1950 g/mol. The molecule has 724 valence electrons. The van der Waals surface area contributed by atoms with Crippen LogP contribution >= 0.6 is 45.3 Å². The number of nitrogens with one attached hydrogen (secondary N) is 7. The third-order valence-electron chi connectivity index (χ3n) is 19.2. The number of thiazole rings is 4. The van der Waals surface area contributed by atoms with Gasteiger partial charge in [-0.25, -0.2) is 42.7 Å². The molecule has 11 rings (SSSR count). The third kappa shape index (κ3) is 40.1. The molecule has 0 aliphatic rings. The Bertz CT molecular complexity index is 5510. The number of carbonyl (C=O) groups excluding carboxylic acids is 6. The number of nitro groups is 3. The molecule has 0 spiro atoms. The normalized spacial score (nSPS) is 12.7. The molecule has 6 amide bonds. The molecule has 135 heavy (non-hydrogen) atoms. The van der Waals surface area contributed by atoms with Crippen LogP contribution in [0.3, 0.4) is 0 Å². The van der Waals surface area contributed by atoms with Gasteiger partial charge in [-0.2, -0.15) is 0 Å². The van der Waals surface area contributed by atoms with Gasteiger partial charge in [0.2, 0.25) is 17.7 Å². The number of amides is 6. The van der Waals surface area contributed by atoms with E-state index >= 15 is 0 Å². The van der Waals surface area contributed by atoms with Gasteiger partial charge in [0.05, 0.1) is 61.7 Å². The van der Waals surface area contributed by atoms with Gasteiger partial charge in [0, 0.05) is 82.9 Å². The molecular weight excluding hydrogens is 1830 g/mol. The van der Waals surface area contributed by atoms with Crippen LogP contribution in [-0.2, 0) is 110 Å². The summed E-state index contributed by atoms with van der Waals surface area (Å²) in [4.78, 5) is 128. The van der Waals surface area contributed by atoms with Gasteiger partial charge in [-0.15, -0.1) is 45.3 Å². The van der Waals surface area contributed by atoms with Crippen molar-refractivity contribution in [1.29, 1.82) is 0 Å². The number of nitro benzene ring substituents is 3. The fourth-order valence-electron chi connectivity index (χ4n) is 12.7. The second-order valence-electron chi connectivity index (χ2n) is 33.4. The Morgan fingerprint density at radius 3 is 0.822 bits per heavy atom. The number of nitrogens with two attached hydrogens (primary N) is 1. The van der Waals surface area contributed by atoms with Gasteiger partial charge in [0.15, 0.2) is 10.3 Å². The van der Waals surface area contributed by atoms with Crippen molar-refractivity contribution in [1.82, 2.24) is 58.0 Å². The molecule has 0 aliphatic heterocycles. The number of aromatic nitrogens is 4. The number of nitrogens with zero attached hydrogens (tertiary/aromatic N) is 7. The minimum absolute atomic E-state index is 0. The molecule has 0 radical (unpaired) electrons. The lowest BCUT2D eigenvalue weighted by Gasteiger charge is -2.25. The Hall–Kier alpha value is -12.9. The highest BCUT2D eigenvalue weighted by Gasteiger charge is 2.33. The third-order valence-corrected chi connectivity index (χ3v) is 23.7. The monoisotopic (exact) mass is 1950 g/mol. The Morgan fingerprint density at radius 2 is 0.593 bits per heavy atom. The molecule has 11 aromatic rings. The van der Waals surface area contributed by atoms with E-state index in [2.05, 4.69) is 58.8 Å². The zero-order valence-corrected chi connectivity index (χ0v) is 82.7. The molecule has 39 heteroatoms. The number of carbonyl (C=O) groups is 6. The van der Waals surface area contributed by atoms with Gasteiger partial charge in [-0.3, -0.25) is 49.4 Å². The maximum absolute atomic E-state index is 13.6. The van der Waals surface area contributed by atoms with E-state index in [9.17, 15) is 72.1 Å². The molecule has 7 aromatic carbocycles. The highest BCUT2D eigenvalue weighted by atomic mass is 32.2. The molecule has 0 unspecified atom stereocenters. The summed E-state index contributed by atoms with van der Waals surface area (Å²) < 4.78 is 51.0. The number of aryl methyl sites for hydroxylation is 4. The van der Waals surface area contributed by atoms with Crippen LogP contribution < -0.4 is 48.5 Å². The van der Waals surface area contributed by atoms with E-state index < -0.39 is 102 Å². The van der Waals surface area contributed by atoms with E-state index in [0.29, 0.717) is 30.7 Å². The molecule has 4 aromatic heterocycles. The maximum Gasteiger partial charge on any atom is 0.408 e. The number of hydrogen-bond donors (Lipinski definition) is 9. The van der Waals surface area contributed by atoms with Crippen molar-refractivity contribution in [3.8, 4) is 0 Å². The molecule has 0 saturated carbocycles. The lowest BCUT2D eigenvalue weighted by molar-refractivity contribution is -0.385. The van der Waals surface area contributed by atoms with Gasteiger partial charge in [-0.05, 0) is 165 Å². The van der Waals surface area contributed by atoms with Gasteiger partial charge in [0.25, 0.3) is 17.1 Å². The standard InChI is InChI=1S/C27H34N4O6S2.2C27H32N4O5S.C13H15N3O2S.C2H6.H3N/c1-5-20-17-38-25(28-20)23(16-19-11-13-21(14-12-19)31-39(34,35)36)29-24(32)22(15-18-9-7-6-8-10-18)30-26(33)37-27(2,3)4;2*1-5-20-17-37-25(28-20)23(16-19-11-13-21(14-12-19)31(34)35)29-24(32)22(15-18-9-7-6-8-10-18)30-26(33)36-27(2,3)4;1-2-10-8-19-13(15-10)12(14)7-9-3-5-11(6-4-9)16(17)18;1-2;/h6-14,17,22-23,31H,5,15-16H2,1-4H3,(H,29,32)(H,30,33)(H,34,35,36);2*6-14,17,22-23H,5,15-16H2,1-4H3,(H,29,32)(H,30,33);3-6,8,12H,2,7,14H2,1H3;1-2H3;1H3/t3*22-,23-;12-;;/m0000../s1. The smallest absolute Gasteiger partial charge is 0.408 e. The lowest BCUT2D eigenvalue weighted by atomic mass is 10.0. The zero-order chi connectivity index (χ0) is 98.5. The molecule has 4 heterocycles. The first kappa shape index (κ1) is 111. The first-order valence-corrected chi connectivity index (χ1v) is 48.5. The second-order valence-corrected chi connectivity index (χ2v) is 38.1. The summed E-state index contributed by atoms with van der Waals surface area (Å²) in [5.41, 5.74) is 14.0. The largest absolute Gasteiger partial charge is 0.731 e. The summed E-state index contributed by atoms with van der Waals surface area (Å²) in [6.07, 6.45) is 3.62. The highest BCUT2D eigenvalue weighted by Crippen LogP contribution is 2.30. The fourth-order valence-corrected chi connectivity index (χ4v) is 16.9. The summed E-state index contributed by atoms with van der Waals surface area (Å²) in [6, 6.07) is 49.0. The second kappa shape index (κ2) is 53.9. The number of benzene rings is 7. The number of ether oxygens (including phenoxy) is 3. The van der Waals surface area contributed by atoms with Crippen LogP contribution in [0.25, 0.3) is 0 Å². The summed E-state index contributed by atoms with van der Waals surface area (Å²) >= 11 is 5.87. The number of non-ortho nitro benzene ring substituents is 3. The van der Waals surface area contributed by atoms with Crippen LogP contribution in [0.4, 0.5) is 37.1 Å². The van der Waals surface area contributed by atoms with Gasteiger partial charge in [0.1, 0.15) is 55.0 Å². The van der Waals surface area contributed by atoms with Crippen LogP contribution in [0, 0.1) is 30.3 Å². The predicted molar refractivity (Wildman–Crippen MR) is 527 cm³/mol. The SMILES string of the molecule is CC.CCc1csc([C@@H](N)Cc2ccc([N+](=O)[O-])cc2)n1.CCc1csc([C@H](Cc2ccc(NS(=O)(=O)[O-])cc2)NC(=O)[C@H](Cc2ccccc2)NC(=O)OC(C)(C)C)n1.CCc1csc([C@H](Cc2ccc([N+](=O)[O-])cc2)NC(=O)[C@H](Cc2ccccc2)NC(=O)OC(C)(C)C)n1.CCc1csc([C@H](Cc2ccc([N+](=O)[O-])cc2)NC(=O)[C@H](Cc2ccccc2)NC(=O)OC(C)(C)C)n1.[NH4+]. The van der Waals surface area contributed by atoms with E-state index in [0.717, 1.165) is 102 Å². The quantitative estimate of drug-likeness (QED) is 0.00762. The number of quaternary nitrogens is 1. The zero-order valence-electron chi connectivity index (χ0n) is 78.6. The highest BCUT2D eigenvalue weighted by molar-refractivity contribution is 7.87. The van der Waals surface area contributed by atoms with E-state index in [-0.39, 0.29) is 66.0 Å². The van der Waals surface area contributed by atoms with Crippen molar-refractivity contribution in [3.05, 3.63) is 322 Å². The molecular formula is C96H122N16O18S5. The molecule has 0 fully saturated rings. The first-order chi connectivity index (χ1) is 63.5. The van der Waals surface area contributed by atoms with Crippen molar-refractivity contribution in [2.45, 2.75) is 234 Å². The summed E-state index contributed by atoms with van der Waals surface area (Å²) in [7, 11) is -4.64. The van der Waals surface area contributed by atoms with Gasteiger partial charge < -0.3 is 62.5 Å². The van der Waals surface area contributed by atoms with Crippen LogP contribution in [0.1, 0.15) is 210 Å². The van der Waals surface area contributed by atoms with Crippen molar-refractivity contribution in [2.75, 3.05) is 4.72 Å². The molecule has 0 aliphatic carbocycles. The van der Waals surface area contributed by atoms with Crippen LogP contribution in [0.15, 0.2) is 210 Å². The molecule has 13 N–H and O–H groups in total. The van der Waals surface area contributed by atoms with Crippen molar-refractivity contribution in [3.63, 3.8) is 0 Å². The molecule has 7 atom stereocenters. The van der Waals surface area contributed by atoms with Crippen molar-refractivity contribution in [2.24, 2.45) is 5.73 Å². The Kier molecular flexibility index (Phi) is 44.2. The summed E-state index contributed by atoms with van der Waals surface area (Å²) in [5.74, 6) is -1.16. The van der Waals surface area contributed by atoms with Gasteiger partial charge >= 0.3 is 18.3 Å². The number of alkyl carbamates (subject to hydrolysis) is 3. The van der Waals surface area contributed by atoms with Crippen LogP contribution in [0.2, 0.25) is 0 Å². The van der Waals surface area contributed by atoms with Gasteiger partial charge in [-0.1, -0.05) is 181 Å². The number of anilines is 1. The lowest BCUT2D eigenvalue weighted by Crippen LogP contribution is -2.50. The van der Waals surface area contributed by atoms with Crippen molar-refractivity contribution < 1.29 is 70.7 Å². The molecule has 0 bridgehead atoms. The van der Waals surface area contributed by atoms with Crippen molar-refractivity contribution >= 4 is 114 Å². The van der Waals surface area contributed by atoms with Crippen LogP contribution in [0.5, 0.6) is 0 Å². The summed E-state index contributed by atoms with van der Waals surface area (Å²) in [6.45, 7) is 27.8. The van der Waals surface area contributed by atoms with Crippen LogP contribution in [-0.4, -0.2) is 119 Å². The Morgan fingerprint density at radius 1 is 0.363 bits per heavy atom. The topological polar surface area (TPSA) is 515 Å². The Labute approximate surface area is 803 Å². The minimum atomic E-state index is -4.64. The maximum atomic E-state index is 13.6. The minimum Gasteiger partial charge on any atom is -0.731 e. The number of hydrogen-bond acceptors (Lipinski definition) is 27.